The van der Waals surface area contributed by atoms with E-state index in [4.69, 9.17) is 4.52 Å². The zero-order valence-electron chi connectivity index (χ0n) is 15.2. The third-order valence-electron chi connectivity index (χ3n) is 4.24. The second kappa shape index (κ2) is 7.75. The summed E-state index contributed by atoms with van der Waals surface area (Å²) in [5.41, 5.74) is 3.16. The van der Waals surface area contributed by atoms with Gasteiger partial charge < -0.3 is 9.09 Å². The number of aryl methyl sites for hydroxylation is 1. The number of hydrogen-bond acceptors (Lipinski definition) is 6. The first-order valence-corrected chi connectivity index (χ1v) is 9.75. The Labute approximate surface area is 161 Å². The molecule has 0 amide bonds. The van der Waals surface area contributed by atoms with E-state index in [-0.39, 0.29) is 0 Å². The molecule has 2 heterocycles. The highest BCUT2D eigenvalue weighted by atomic mass is 32.2. The lowest BCUT2D eigenvalue weighted by atomic mass is 10.1. The van der Waals surface area contributed by atoms with Crippen LogP contribution in [0.5, 0.6) is 0 Å². The quantitative estimate of drug-likeness (QED) is 0.457. The largest absolute Gasteiger partial charge is 0.338 e. The summed E-state index contributed by atoms with van der Waals surface area (Å²) in [6.45, 7) is 4.91. The van der Waals surface area contributed by atoms with Gasteiger partial charge >= 0.3 is 0 Å². The van der Waals surface area contributed by atoms with Gasteiger partial charge in [0.1, 0.15) is 0 Å². The Morgan fingerprint density at radius 2 is 1.78 bits per heavy atom. The second-order valence-electron chi connectivity index (χ2n) is 6.03. The van der Waals surface area contributed by atoms with Gasteiger partial charge in [0.05, 0.1) is 5.75 Å². The van der Waals surface area contributed by atoms with E-state index < -0.39 is 0 Å². The smallest absolute Gasteiger partial charge is 0.237 e. The van der Waals surface area contributed by atoms with Crippen molar-refractivity contribution in [3.63, 3.8) is 0 Å². The highest BCUT2D eigenvalue weighted by molar-refractivity contribution is 7.98. The summed E-state index contributed by atoms with van der Waals surface area (Å²) in [6.07, 6.45) is 0. The van der Waals surface area contributed by atoms with Crippen LogP contribution in [0.2, 0.25) is 0 Å². The number of benzene rings is 2. The standard InChI is InChI=1S/C20H19N5OS/c1-3-25-19(15-10-5-4-6-11-15)22-23-20(25)27-13-17-21-18(24-26-17)16-12-8-7-9-14(16)2/h4-12H,3,13H2,1-2H3. The van der Waals surface area contributed by atoms with E-state index in [9.17, 15) is 0 Å². The van der Waals surface area contributed by atoms with Crippen molar-refractivity contribution < 1.29 is 4.52 Å². The highest BCUT2D eigenvalue weighted by Gasteiger charge is 2.15. The minimum atomic E-state index is 0.547. The van der Waals surface area contributed by atoms with Crippen LogP contribution in [0.1, 0.15) is 18.4 Å². The van der Waals surface area contributed by atoms with E-state index in [1.54, 1.807) is 11.8 Å². The summed E-state index contributed by atoms with van der Waals surface area (Å²) in [5.74, 6) is 2.61. The molecule has 0 fully saturated rings. The fraction of sp³-hybridized carbons (Fsp3) is 0.200. The third kappa shape index (κ3) is 3.64. The zero-order valence-corrected chi connectivity index (χ0v) is 16.0. The second-order valence-corrected chi connectivity index (χ2v) is 6.97. The van der Waals surface area contributed by atoms with E-state index in [2.05, 4.69) is 31.8 Å². The van der Waals surface area contributed by atoms with Gasteiger partial charge in [-0.15, -0.1) is 10.2 Å². The maximum atomic E-state index is 5.42. The first-order valence-electron chi connectivity index (χ1n) is 8.76. The van der Waals surface area contributed by atoms with Crippen molar-refractivity contribution in [1.29, 1.82) is 0 Å². The molecular weight excluding hydrogens is 358 g/mol. The Balaban J connectivity index is 1.52. The van der Waals surface area contributed by atoms with Crippen molar-refractivity contribution in [2.45, 2.75) is 31.3 Å². The van der Waals surface area contributed by atoms with Gasteiger partial charge in [-0.2, -0.15) is 4.98 Å². The normalized spacial score (nSPS) is 11.0. The monoisotopic (exact) mass is 377 g/mol. The predicted molar refractivity (Wildman–Crippen MR) is 105 cm³/mol. The fourth-order valence-corrected chi connectivity index (χ4v) is 3.69. The van der Waals surface area contributed by atoms with Crippen molar-refractivity contribution >= 4 is 11.8 Å². The van der Waals surface area contributed by atoms with Crippen LogP contribution in [0.3, 0.4) is 0 Å². The maximum Gasteiger partial charge on any atom is 0.237 e. The summed E-state index contributed by atoms with van der Waals surface area (Å²) in [5, 5.41) is 13.7. The molecular formula is C20H19N5OS. The number of thioether (sulfide) groups is 1. The van der Waals surface area contributed by atoms with Crippen LogP contribution in [0, 0.1) is 6.92 Å². The molecule has 0 aliphatic rings. The minimum absolute atomic E-state index is 0.547. The van der Waals surface area contributed by atoms with E-state index in [1.807, 2.05) is 61.5 Å². The molecule has 0 atom stereocenters. The lowest BCUT2D eigenvalue weighted by Crippen LogP contribution is -1.99. The van der Waals surface area contributed by atoms with Crippen molar-refractivity contribution in [3.8, 4) is 22.8 Å². The molecule has 0 radical (unpaired) electrons. The first-order chi connectivity index (χ1) is 13.3. The molecule has 0 spiro atoms. The molecule has 0 aliphatic heterocycles. The minimum Gasteiger partial charge on any atom is -0.338 e. The van der Waals surface area contributed by atoms with Gasteiger partial charge in [-0.05, 0) is 19.4 Å². The Kier molecular flexibility index (Phi) is 5.02. The molecule has 2 aromatic heterocycles. The molecule has 0 bridgehead atoms. The summed E-state index contributed by atoms with van der Waals surface area (Å²) < 4.78 is 7.52. The maximum absolute atomic E-state index is 5.42. The molecule has 136 valence electrons. The lowest BCUT2D eigenvalue weighted by molar-refractivity contribution is 0.391. The fourth-order valence-electron chi connectivity index (χ4n) is 2.85. The van der Waals surface area contributed by atoms with Crippen LogP contribution in [0.15, 0.2) is 64.3 Å². The molecule has 0 saturated heterocycles. The molecule has 4 aromatic rings. The van der Waals surface area contributed by atoms with Crippen LogP contribution >= 0.6 is 11.8 Å². The number of rotatable bonds is 6. The molecule has 6 nitrogen and oxygen atoms in total. The van der Waals surface area contributed by atoms with Gasteiger partial charge in [-0.3, -0.25) is 0 Å². The van der Waals surface area contributed by atoms with Gasteiger partial charge in [0.25, 0.3) is 0 Å². The Morgan fingerprint density at radius 1 is 1.00 bits per heavy atom. The number of nitrogens with zero attached hydrogens (tertiary/aromatic N) is 5. The number of aromatic nitrogens is 5. The Morgan fingerprint density at radius 3 is 2.56 bits per heavy atom. The number of hydrogen-bond donors (Lipinski definition) is 0. The molecule has 27 heavy (non-hydrogen) atoms. The predicted octanol–water partition coefficient (Wildman–Crippen LogP) is 4.62. The van der Waals surface area contributed by atoms with Crippen molar-refractivity contribution in [3.05, 3.63) is 66.1 Å². The summed E-state index contributed by atoms with van der Waals surface area (Å²) in [7, 11) is 0. The van der Waals surface area contributed by atoms with Crippen molar-refractivity contribution in [2.75, 3.05) is 0 Å². The van der Waals surface area contributed by atoms with Crippen LogP contribution in [0.25, 0.3) is 22.8 Å². The average Bonchev–Trinajstić information content (AvgIpc) is 3.34. The van der Waals surface area contributed by atoms with Crippen LogP contribution in [0.4, 0.5) is 0 Å². The highest BCUT2D eigenvalue weighted by Crippen LogP contribution is 2.27. The van der Waals surface area contributed by atoms with E-state index in [0.717, 1.165) is 34.2 Å². The third-order valence-corrected chi connectivity index (χ3v) is 5.20. The van der Waals surface area contributed by atoms with Crippen LogP contribution in [-0.2, 0) is 12.3 Å². The van der Waals surface area contributed by atoms with Crippen molar-refractivity contribution in [2.24, 2.45) is 0 Å². The summed E-state index contributed by atoms with van der Waals surface area (Å²) in [4.78, 5) is 4.52. The SMILES string of the molecule is CCn1c(SCc2nc(-c3ccccc3C)no2)nnc1-c1ccccc1. The topological polar surface area (TPSA) is 69.6 Å². The zero-order chi connectivity index (χ0) is 18.6. The van der Waals surface area contributed by atoms with Crippen LogP contribution in [-0.4, -0.2) is 24.9 Å². The van der Waals surface area contributed by atoms with E-state index in [1.165, 1.54) is 0 Å². The van der Waals surface area contributed by atoms with Crippen LogP contribution < -0.4 is 0 Å². The molecule has 7 heteroatoms. The van der Waals surface area contributed by atoms with E-state index >= 15 is 0 Å². The molecule has 0 aliphatic carbocycles. The molecule has 4 rings (SSSR count). The summed E-state index contributed by atoms with van der Waals surface area (Å²) in [6, 6.07) is 18.1. The van der Waals surface area contributed by atoms with Crippen molar-refractivity contribution in [1.82, 2.24) is 24.9 Å². The molecule has 0 N–H and O–H groups in total. The molecule has 0 unspecified atom stereocenters. The van der Waals surface area contributed by atoms with Gasteiger partial charge in [-0.25, -0.2) is 0 Å². The summed E-state index contributed by atoms with van der Waals surface area (Å²) >= 11 is 1.55. The van der Waals surface area contributed by atoms with E-state index in [0.29, 0.717) is 17.5 Å². The molecule has 0 saturated carbocycles. The lowest BCUT2D eigenvalue weighted by Gasteiger charge is -2.06. The van der Waals surface area contributed by atoms with Gasteiger partial charge in [0, 0.05) is 17.7 Å². The van der Waals surface area contributed by atoms with Gasteiger partial charge in [0.15, 0.2) is 11.0 Å². The average molecular weight is 377 g/mol. The molecule has 2 aromatic carbocycles. The Hall–Kier alpha value is -2.93. The first kappa shape index (κ1) is 17.5. The van der Waals surface area contributed by atoms with Gasteiger partial charge in [0.2, 0.25) is 11.7 Å². The Bertz CT molecular complexity index is 1040. The van der Waals surface area contributed by atoms with Gasteiger partial charge in [-0.1, -0.05) is 71.5 Å².